The van der Waals surface area contributed by atoms with E-state index in [1.807, 2.05) is 42.1 Å². The van der Waals surface area contributed by atoms with Crippen LogP contribution in [0.1, 0.15) is 18.9 Å². The third-order valence-corrected chi connectivity index (χ3v) is 3.98. The highest BCUT2D eigenvalue weighted by Crippen LogP contribution is 2.30. The van der Waals surface area contributed by atoms with Crippen molar-refractivity contribution in [2.45, 2.75) is 32.9 Å². The second-order valence-corrected chi connectivity index (χ2v) is 6.28. The quantitative estimate of drug-likeness (QED) is 0.450. The number of nitrogens with one attached hydrogen (secondary N) is 2. The van der Waals surface area contributed by atoms with Crippen molar-refractivity contribution < 1.29 is 9.47 Å². The van der Waals surface area contributed by atoms with Crippen molar-refractivity contribution in [1.29, 1.82) is 0 Å². The molecule has 140 valence electrons. The molecule has 0 fully saturated rings. The molecule has 0 saturated heterocycles. The molecule has 0 amide bonds. The third-order valence-electron chi connectivity index (χ3n) is 3.98. The van der Waals surface area contributed by atoms with Crippen LogP contribution in [0.2, 0.25) is 0 Å². The summed E-state index contributed by atoms with van der Waals surface area (Å²) in [4.78, 5) is 4.63. The number of hydrogen-bond donors (Lipinski definition) is 2. The maximum atomic E-state index is 5.95. The van der Waals surface area contributed by atoms with Crippen molar-refractivity contribution in [3.63, 3.8) is 0 Å². The van der Waals surface area contributed by atoms with Crippen LogP contribution in [0.15, 0.2) is 41.7 Å². The Morgan fingerprint density at radius 1 is 1.31 bits per heavy atom. The lowest BCUT2D eigenvalue weighted by molar-refractivity contribution is 0.0971. The van der Waals surface area contributed by atoms with Gasteiger partial charge in [-0.05, 0) is 38.0 Å². The molecule has 0 bridgehead atoms. The molecule has 2 N–H and O–H groups in total. The Morgan fingerprint density at radius 3 is 2.92 bits per heavy atom. The predicted molar refractivity (Wildman–Crippen MR) is 102 cm³/mol. The second kappa shape index (κ2) is 9.12. The van der Waals surface area contributed by atoms with Gasteiger partial charge in [-0.1, -0.05) is 12.1 Å². The lowest BCUT2D eigenvalue weighted by Gasteiger charge is -2.25. The molecule has 7 nitrogen and oxygen atoms in total. The van der Waals surface area contributed by atoms with Gasteiger partial charge in [-0.25, -0.2) is 4.99 Å². The van der Waals surface area contributed by atoms with Gasteiger partial charge in [0.2, 0.25) is 0 Å². The first-order valence-electron chi connectivity index (χ1n) is 9.14. The van der Waals surface area contributed by atoms with Gasteiger partial charge in [0.25, 0.3) is 0 Å². The third kappa shape index (κ3) is 5.15. The zero-order valence-electron chi connectivity index (χ0n) is 15.4. The molecule has 1 aliphatic rings. The van der Waals surface area contributed by atoms with Crippen LogP contribution in [0.5, 0.6) is 11.5 Å². The van der Waals surface area contributed by atoms with E-state index in [0.29, 0.717) is 13.2 Å². The zero-order valence-corrected chi connectivity index (χ0v) is 15.4. The van der Waals surface area contributed by atoms with Crippen molar-refractivity contribution in [3.05, 3.63) is 42.2 Å². The van der Waals surface area contributed by atoms with Crippen molar-refractivity contribution >= 4 is 5.96 Å². The van der Waals surface area contributed by atoms with Gasteiger partial charge in [0.15, 0.2) is 23.6 Å². The number of guanidine groups is 1. The number of para-hydroxylation sites is 2. The van der Waals surface area contributed by atoms with Gasteiger partial charge in [0.05, 0.1) is 12.7 Å². The van der Waals surface area contributed by atoms with E-state index in [2.05, 4.69) is 33.8 Å². The normalized spacial score (nSPS) is 16.4. The summed E-state index contributed by atoms with van der Waals surface area (Å²) in [7, 11) is 0. The molecule has 0 saturated carbocycles. The monoisotopic (exact) mass is 357 g/mol. The number of benzene rings is 1. The van der Waals surface area contributed by atoms with E-state index < -0.39 is 0 Å². The Hall–Kier alpha value is -2.70. The molecule has 2 aromatic rings. The highest BCUT2D eigenvalue weighted by atomic mass is 16.6. The van der Waals surface area contributed by atoms with Gasteiger partial charge >= 0.3 is 0 Å². The Balaban J connectivity index is 1.45. The van der Waals surface area contributed by atoms with Gasteiger partial charge in [-0.2, -0.15) is 5.10 Å². The van der Waals surface area contributed by atoms with Crippen molar-refractivity contribution in [2.24, 2.45) is 4.99 Å². The average molecular weight is 357 g/mol. The highest BCUT2D eigenvalue weighted by Gasteiger charge is 2.20. The second-order valence-electron chi connectivity index (χ2n) is 6.28. The van der Waals surface area contributed by atoms with Crippen LogP contribution in [0, 0.1) is 6.92 Å². The average Bonchev–Trinajstić information content (AvgIpc) is 3.08. The van der Waals surface area contributed by atoms with Gasteiger partial charge in [-0.15, -0.1) is 0 Å². The summed E-state index contributed by atoms with van der Waals surface area (Å²) in [5, 5.41) is 10.9. The summed E-state index contributed by atoms with van der Waals surface area (Å²) in [6.07, 6.45) is 4.83. The minimum Gasteiger partial charge on any atom is -0.486 e. The summed E-state index contributed by atoms with van der Waals surface area (Å²) < 4.78 is 13.6. The first-order chi connectivity index (χ1) is 12.7. The zero-order chi connectivity index (χ0) is 18.2. The fourth-order valence-electron chi connectivity index (χ4n) is 2.72. The molecule has 1 atom stereocenters. The lowest BCUT2D eigenvalue weighted by Crippen LogP contribution is -2.40. The maximum Gasteiger partial charge on any atom is 0.191 e. The Morgan fingerprint density at radius 2 is 2.15 bits per heavy atom. The molecule has 3 rings (SSSR count). The van der Waals surface area contributed by atoms with Gasteiger partial charge in [0.1, 0.15) is 6.61 Å². The first-order valence-corrected chi connectivity index (χ1v) is 9.14. The smallest absolute Gasteiger partial charge is 0.191 e. The number of rotatable bonds is 7. The summed E-state index contributed by atoms with van der Waals surface area (Å²) in [5.74, 6) is 2.38. The summed E-state index contributed by atoms with van der Waals surface area (Å²) >= 11 is 0. The molecule has 1 aromatic carbocycles. The maximum absolute atomic E-state index is 5.95. The molecular weight excluding hydrogens is 330 g/mol. The number of aryl methyl sites for hydroxylation is 2. The van der Waals surface area contributed by atoms with E-state index in [1.54, 1.807) is 0 Å². The number of fused-ring (bicyclic) bond motifs is 1. The number of nitrogens with zero attached hydrogens (tertiary/aromatic N) is 3. The number of ether oxygens (including phenoxy) is 2. The molecule has 2 heterocycles. The van der Waals surface area contributed by atoms with E-state index in [9.17, 15) is 0 Å². The van der Waals surface area contributed by atoms with Crippen LogP contribution >= 0.6 is 0 Å². The Labute approximate surface area is 154 Å². The van der Waals surface area contributed by atoms with Crippen LogP contribution in [0.4, 0.5) is 0 Å². The molecule has 1 aliphatic heterocycles. The predicted octanol–water partition coefficient (Wildman–Crippen LogP) is 1.98. The van der Waals surface area contributed by atoms with Crippen LogP contribution in [0.3, 0.4) is 0 Å². The highest BCUT2D eigenvalue weighted by molar-refractivity contribution is 5.79. The fraction of sp³-hybridized carbons (Fsp3) is 0.474. The van der Waals surface area contributed by atoms with E-state index in [-0.39, 0.29) is 6.10 Å². The SMILES string of the molecule is CCNC(=NCC1COc2ccccc2O1)NCCCn1cc(C)cn1. The molecule has 0 aliphatic carbocycles. The van der Waals surface area contributed by atoms with E-state index in [1.165, 1.54) is 5.56 Å². The van der Waals surface area contributed by atoms with Gasteiger partial charge in [0, 0.05) is 25.8 Å². The Bertz CT molecular complexity index is 728. The first kappa shape index (κ1) is 18.1. The largest absolute Gasteiger partial charge is 0.486 e. The standard InChI is InChI=1S/C19H27N5O2/c1-3-20-19(21-9-6-10-24-13-15(2)11-23-24)22-12-16-14-25-17-7-4-5-8-18(17)26-16/h4-5,7-8,11,13,16H,3,6,9-10,12,14H2,1-2H3,(H2,20,21,22). The minimum atomic E-state index is -0.0765. The fourth-order valence-corrected chi connectivity index (χ4v) is 2.72. The van der Waals surface area contributed by atoms with Crippen LogP contribution in [-0.4, -0.2) is 48.1 Å². The molecule has 7 heteroatoms. The summed E-state index contributed by atoms with van der Waals surface area (Å²) in [6, 6.07) is 7.73. The number of hydrogen-bond acceptors (Lipinski definition) is 4. The van der Waals surface area contributed by atoms with Crippen molar-refractivity contribution in [2.75, 3.05) is 26.2 Å². The van der Waals surface area contributed by atoms with Crippen LogP contribution in [-0.2, 0) is 6.54 Å². The minimum absolute atomic E-state index is 0.0765. The molecule has 0 radical (unpaired) electrons. The molecule has 0 spiro atoms. The van der Waals surface area contributed by atoms with Crippen LogP contribution < -0.4 is 20.1 Å². The van der Waals surface area contributed by atoms with Crippen molar-refractivity contribution in [3.8, 4) is 11.5 Å². The number of aromatic nitrogens is 2. The summed E-state index contributed by atoms with van der Waals surface area (Å²) in [5.41, 5.74) is 1.18. The van der Waals surface area contributed by atoms with E-state index >= 15 is 0 Å². The number of aliphatic imine (C=N–C) groups is 1. The van der Waals surface area contributed by atoms with Crippen molar-refractivity contribution in [1.82, 2.24) is 20.4 Å². The van der Waals surface area contributed by atoms with Gasteiger partial charge < -0.3 is 20.1 Å². The Kier molecular flexibility index (Phi) is 6.35. The molecule has 1 aromatic heterocycles. The molecule has 1 unspecified atom stereocenters. The topological polar surface area (TPSA) is 72.7 Å². The van der Waals surface area contributed by atoms with Gasteiger partial charge in [-0.3, -0.25) is 4.68 Å². The summed E-state index contributed by atoms with van der Waals surface area (Å²) in [6.45, 7) is 7.69. The molecular formula is C19H27N5O2. The van der Waals surface area contributed by atoms with E-state index in [4.69, 9.17) is 9.47 Å². The van der Waals surface area contributed by atoms with Crippen LogP contribution in [0.25, 0.3) is 0 Å². The molecule has 26 heavy (non-hydrogen) atoms. The van der Waals surface area contributed by atoms with E-state index in [0.717, 1.165) is 43.5 Å². The lowest BCUT2D eigenvalue weighted by atomic mass is 10.2.